The van der Waals surface area contributed by atoms with Crippen LogP contribution in [0.5, 0.6) is 0 Å². The Morgan fingerprint density at radius 1 is 0.957 bits per heavy atom. The van der Waals surface area contributed by atoms with Crippen LogP contribution in [-0.2, 0) is 6.54 Å². The van der Waals surface area contributed by atoms with Crippen LogP contribution in [0, 0.1) is 0 Å². The number of para-hydroxylation sites is 1. The lowest BCUT2D eigenvalue weighted by atomic mass is 10.2. The van der Waals surface area contributed by atoms with Crippen molar-refractivity contribution < 1.29 is 9.63 Å². The minimum absolute atomic E-state index is 0.158. The predicted molar refractivity (Wildman–Crippen MR) is 88.9 cm³/mol. The van der Waals surface area contributed by atoms with Crippen LogP contribution in [0.1, 0.15) is 12.2 Å². The van der Waals surface area contributed by atoms with E-state index in [1.807, 2.05) is 60.7 Å². The molecule has 0 spiro atoms. The van der Waals surface area contributed by atoms with Crippen LogP contribution in [0.25, 0.3) is 11.5 Å². The molecule has 1 N–H and O–H groups in total. The maximum atomic E-state index is 9.10. The molecule has 0 atom stereocenters. The van der Waals surface area contributed by atoms with E-state index in [9.17, 15) is 0 Å². The highest BCUT2D eigenvalue weighted by Crippen LogP contribution is 2.19. The zero-order chi connectivity index (χ0) is 15.9. The van der Waals surface area contributed by atoms with Crippen molar-refractivity contribution in [2.45, 2.75) is 13.0 Å². The first kappa shape index (κ1) is 15.2. The molecule has 0 fully saturated rings. The summed E-state index contributed by atoms with van der Waals surface area (Å²) in [5.41, 5.74) is 1.99. The summed E-state index contributed by atoms with van der Waals surface area (Å²) in [5.74, 6) is 1.15. The summed E-state index contributed by atoms with van der Waals surface area (Å²) in [5, 5.41) is 13.2. The molecule has 0 aliphatic rings. The smallest absolute Gasteiger partial charge is 0.257 e. The summed E-state index contributed by atoms with van der Waals surface area (Å²) < 4.78 is 5.35. The molecule has 1 heterocycles. The normalized spacial score (nSPS) is 10.7. The summed E-state index contributed by atoms with van der Waals surface area (Å²) in [4.78, 5) is 6.61. The second kappa shape index (κ2) is 7.56. The van der Waals surface area contributed by atoms with Gasteiger partial charge in [-0.15, -0.1) is 0 Å². The van der Waals surface area contributed by atoms with Crippen molar-refractivity contribution in [3.63, 3.8) is 0 Å². The van der Waals surface area contributed by atoms with E-state index in [4.69, 9.17) is 9.63 Å². The maximum Gasteiger partial charge on any atom is 0.257 e. The molecular formula is C18H19N3O2. The number of rotatable bonds is 7. The largest absolute Gasteiger partial charge is 0.396 e. The molecule has 5 heteroatoms. The molecule has 3 rings (SSSR count). The van der Waals surface area contributed by atoms with Gasteiger partial charge in [0.2, 0.25) is 0 Å². The van der Waals surface area contributed by atoms with Gasteiger partial charge in [0.1, 0.15) is 0 Å². The van der Waals surface area contributed by atoms with Crippen molar-refractivity contribution in [2.24, 2.45) is 0 Å². The van der Waals surface area contributed by atoms with Crippen molar-refractivity contribution in [2.75, 3.05) is 18.1 Å². The molecule has 0 amide bonds. The monoisotopic (exact) mass is 309 g/mol. The van der Waals surface area contributed by atoms with Gasteiger partial charge in [-0.2, -0.15) is 4.98 Å². The van der Waals surface area contributed by atoms with Crippen molar-refractivity contribution in [1.29, 1.82) is 0 Å². The SMILES string of the molecule is OCCCN(Cc1noc(-c2ccccc2)n1)c1ccccc1. The lowest BCUT2D eigenvalue weighted by Crippen LogP contribution is -2.25. The second-order valence-corrected chi connectivity index (χ2v) is 5.22. The Morgan fingerprint density at radius 2 is 1.65 bits per heavy atom. The molecular weight excluding hydrogens is 290 g/mol. The van der Waals surface area contributed by atoms with E-state index in [0.717, 1.165) is 17.8 Å². The molecule has 23 heavy (non-hydrogen) atoms. The first-order valence-electron chi connectivity index (χ1n) is 7.65. The van der Waals surface area contributed by atoms with Gasteiger partial charge in [-0.3, -0.25) is 0 Å². The molecule has 0 saturated heterocycles. The van der Waals surface area contributed by atoms with Crippen LogP contribution in [-0.4, -0.2) is 28.4 Å². The standard InChI is InChI=1S/C18H19N3O2/c22-13-7-12-21(16-10-5-2-6-11-16)14-17-19-18(23-20-17)15-8-3-1-4-9-15/h1-6,8-11,22H,7,12-14H2. The number of benzene rings is 2. The van der Waals surface area contributed by atoms with Crippen LogP contribution >= 0.6 is 0 Å². The van der Waals surface area contributed by atoms with Crippen molar-refractivity contribution in [1.82, 2.24) is 10.1 Å². The Balaban J connectivity index is 1.76. The van der Waals surface area contributed by atoms with Gasteiger partial charge in [-0.1, -0.05) is 41.6 Å². The van der Waals surface area contributed by atoms with E-state index >= 15 is 0 Å². The first-order chi connectivity index (χ1) is 11.4. The van der Waals surface area contributed by atoms with Gasteiger partial charge in [0, 0.05) is 24.4 Å². The fourth-order valence-electron chi connectivity index (χ4n) is 2.39. The number of aromatic nitrogens is 2. The summed E-state index contributed by atoms with van der Waals surface area (Å²) in [6.07, 6.45) is 0.693. The molecule has 0 radical (unpaired) electrons. The van der Waals surface area contributed by atoms with Crippen LogP contribution in [0.15, 0.2) is 65.2 Å². The predicted octanol–water partition coefficient (Wildman–Crippen LogP) is 3.13. The van der Waals surface area contributed by atoms with Gasteiger partial charge in [0.25, 0.3) is 5.89 Å². The van der Waals surface area contributed by atoms with Gasteiger partial charge in [0.15, 0.2) is 5.82 Å². The number of hydrogen-bond donors (Lipinski definition) is 1. The topological polar surface area (TPSA) is 62.4 Å². The second-order valence-electron chi connectivity index (χ2n) is 5.22. The number of nitrogens with zero attached hydrogens (tertiary/aromatic N) is 3. The summed E-state index contributed by atoms with van der Waals surface area (Å²) in [6, 6.07) is 19.8. The van der Waals surface area contributed by atoms with E-state index in [2.05, 4.69) is 15.0 Å². The van der Waals surface area contributed by atoms with Gasteiger partial charge in [0.05, 0.1) is 6.54 Å². The minimum Gasteiger partial charge on any atom is -0.396 e. The third-order valence-electron chi connectivity index (χ3n) is 3.53. The Bertz CT molecular complexity index is 713. The average Bonchev–Trinajstić information content (AvgIpc) is 3.09. The molecule has 0 aliphatic carbocycles. The molecule has 0 bridgehead atoms. The minimum atomic E-state index is 0.158. The number of anilines is 1. The first-order valence-corrected chi connectivity index (χ1v) is 7.65. The highest BCUT2D eigenvalue weighted by atomic mass is 16.5. The summed E-state index contributed by atoms with van der Waals surface area (Å²) in [6.45, 7) is 1.43. The zero-order valence-electron chi connectivity index (χ0n) is 12.8. The van der Waals surface area contributed by atoms with E-state index in [-0.39, 0.29) is 6.61 Å². The lowest BCUT2D eigenvalue weighted by Gasteiger charge is -2.22. The zero-order valence-corrected chi connectivity index (χ0v) is 12.8. The van der Waals surface area contributed by atoms with Crippen LogP contribution in [0.4, 0.5) is 5.69 Å². The molecule has 0 unspecified atom stereocenters. The van der Waals surface area contributed by atoms with Crippen LogP contribution in [0.2, 0.25) is 0 Å². The third kappa shape index (κ3) is 3.96. The fraction of sp³-hybridized carbons (Fsp3) is 0.222. The molecule has 118 valence electrons. The molecule has 0 saturated carbocycles. The van der Waals surface area contributed by atoms with Gasteiger partial charge < -0.3 is 14.5 Å². The molecule has 0 aliphatic heterocycles. The van der Waals surface area contributed by atoms with Crippen molar-refractivity contribution in [3.8, 4) is 11.5 Å². The highest BCUT2D eigenvalue weighted by molar-refractivity contribution is 5.52. The van der Waals surface area contributed by atoms with Crippen molar-refractivity contribution >= 4 is 5.69 Å². The Morgan fingerprint density at radius 3 is 2.35 bits per heavy atom. The van der Waals surface area contributed by atoms with E-state index in [1.165, 1.54) is 0 Å². The maximum absolute atomic E-state index is 9.10. The Hall–Kier alpha value is -2.66. The number of aliphatic hydroxyl groups excluding tert-OH is 1. The van der Waals surface area contributed by atoms with Crippen molar-refractivity contribution in [3.05, 3.63) is 66.5 Å². The Kier molecular flexibility index (Phi) is 5.01. The summed E-state index contributed by atoms with van der Waals surface area (Å²) >= 11 is 0. The molecule has 1 aromatic heterocycles. The molecule has 2 aromatic carbocycles. The highest BCUT2D eigenvalue weighted by Gasteiger charge is 2.13. The van der Waals surface area contributed by atoms with Gasteiger partial charge in [-0.25, -0.2) is 0 Å². The number of aliphatic hydroxyl groups is 1. The van der Waals surface area contributed by atoms with E-state index in [1.54, 1.807) is 0 Å². The fourth-order valence-corrected chi connectivity index (χ4v) is 2.39. The quantitative estimate of drug-likeness (QED) is 0.726. The van der Waals surface area contributed by atoms with E-state index in [0.29, 0.717) is 24.7 Å². The van der Waals surface area contributed by atoms with E-state index < -0.39 is 0 Å². The number of hydrogen-bond acceptors (Lipinski definition) is 5. The summed E-state index contributed by atoms with van der Waals surface area (Å²) in [7, 11) is 0. The third-order valence-corrected chi connectivity index (χ3v) is 3.53. The van der Waals surface area contributed by atoms with Crippen LogP contribution in [0.3, 0.4) is 0 Å². The van der Waals surface area contributed by atoms with Gasteiger partial charge >= 0.3 is 0 Å². The van der Waals surface area contributed by atoms with Crippen LogP contribution < -0.4 is 4.90 Å². The molecule has 5 nitrogen and oxygen atoms in total. The lowest BCUT2D eigenvalue weighted by molar-refractivity contribution is 0.289. The Labute approximate surface area is 135 Å². The molecule has 3 aromatic rings. The average molecular weight is 309 g/mol. The van der Waals surface area contributed by atoms with Gasteiger partial charge in [-0.05, 0) is 30.7 Å².